The Hall–Kier alpha value is -1.55. The highest BCUT2D eigenvalue weighted by Gasteiger charge is 2.24. The first-order chi connectivity index (χ1) is 12.0. The highest BCUT2D eigenvalue weighted by Crippen LogP contribution is 2.25. The summed E-state index contributed by atoms with van der Waals surface area (Å²) in [4.78, 5) is 27.4. The molecule has 1 fully saturated rings. The molecule has 0 bridgehead atoms. The lowest BCUT2D eigenvalue weighted by Crippen LogP contribution is -2.51. The molecule has 0 saturated carbocycles. The van der Waals surface area contributed by atoms with Crippen LogP contribution in [-0.2, 0) is 9.53 Å². The molecule has 0 atom stereocenters. The standard InChI is InChI=1S/C15H25N5O3S2/c1-4-23-15(22)20-7-5-19(6-8-20)12(21)10-24-14-18-17-13(25-14)16-9-11(2)3/h11H,4-10H2,1-3H3,(H,16,17). The molecule has 1 saturated heterocycles. The predicted octanol–water partition coefficient (Wildman–Crippen LogP) is 2.00. The Morgan fingerprint density at radius 1 is 1.24 bits per heavy atom. The molecule has 0 spiro atoms. The van der Waals surface area contributed by atoms with Crippen LogP contribution in [0.25, 0.3) is 0 Å². The number of thioether (sulfide) groups is 1. The van der Waals surface area contributed by atoms with Gasteiger partial charge < -0.3 is 19.9 Å². The summed E-state index contributed by atoms with van der Waals surface area (Å²) in [7, 11) is 0. The molecule has 140 valence electrons. The van der Waals surface area contributed by atoms with Gasteiger partial charge in [-0.15, -0.1) is 10.2 Å². The lowest BCUT2D eigenvalue weighted by molar-refractivity contribution is -0.129. The quantitative estimate of drug-likeness (QED) is 0.716. The van der Waals surface area contributed by atoms with Gasteiger partial charge >= 0.3 is 6.09 Å². The van der Waals surface area contributed by atoms with E-state index in [-0.39, 0.29) is 12.0 Å². The molecular weight excluding hydrogens is 362 g/mol. The van der Waals surface area contributed by atoms with Gasteiger partial charge in [-0.3, -0.25) is 4.79 Å². The van der Waals surface area contributed by atoms with E-state index in [9.17, 15) is 9.59 Å². The third-order valence-corrected chi connectivity index (χ3v) is 5.54. The second-order valence-electron chi connectivity index (χ2n) is 6.00. The molecule has 0 unspecified atom stereocenters. The van der Waals surface area contributed by atoms with E-state index < -0.39 is 0 Å². The molecular formula is C15H25N5O3S2. The summed E-state index contributed by atoms with van der Waals surface area (Å²) >= 11 is 2.86. The van der Waals surface area contributed by atoms with Gasteiger partial charge in [0, 0.05) is 32.7 Å². The van der Waals surface area contributed by atoms with Crippen LogP contribution >= 0.6 is 23.1 Å². The van der Waals surface area contributed by atoms with Gasteiger partial charge in [-0.05, 0) is 12.8 Å². The smallest absolute Gasteiger partial charge is 0.409 e. The summed E-state index contributed by atoms with van der Waals surface area (Å²) in [5.74, 6) is 0.924. The highest BCUT2D eigenvalue weighted by molar-refractivity contribution is 8.01. The fourth-order valence-corrected chi connectivity index (χ4v) is 3.86. The van der Waals surface area contributed by atoms with Crippen LogP contribution in [0.15, 0.2) is 4.34 Å². The third-order valence-electron chi connectivity index (χ3n) is 3.55. The minimum Gasteiger partial charge on any atom is -0.450 e. The Kier molecular flexibility index (Phi) is 7.76. The van der Waals surface area contributed by atoms with Gasteiger partial charge in [0.1, 0.15) is 0 Å². The molecule has 10 heteroatoms. The SMILES string of the molecule is CCOC(=O)N1CCN(C(=O)CSc2nnc(NCC(C)C)s2)CC1. The summed E-state index contributed by atoms with van der Waals surface area (Å²) in [6.45, 7) is 9.35. The van der Waals surface area contributed by atoms with Gasteiger partial charge in [-0.25, -0.2) is 4.79 Å². The van der Waals surface area contributed by atoms with Crippen LogP contribution in [0.1, 0.15) is 20.8 Å². The maximum Gasteiger partial charge on any atom is 0.409 e. The first-order valence-corrected chi connectivity index (χ1v) is 10.2. The number of rotatable bonds is 7. The highest BCUT2D eigenvalue weighted by atomic mass is 32.2. The first-order valence-electron chi connectivity index (χ1n) is 8.39. The number of ether oxygens (including phenoxy) is 1. The summed E-state index contributed by atoms with van der Waals surface area (Å²) < 4.78 is 5.76. The van der Waals surface area contributed by atoms with Gasteiger partial charge in [-0.2, -0.15) is 0 Å². The van der Waals surface area contributed by atoms with Crippen molar-refractivity contribution < 1.29 is 14.3 Å². The molecule has 1 aliphatic heterocycles. The Labute approximate surface area is 156 Å². The van der Waals surface area contributed by atoms with Crippen molar-refractivity contribution in [2.75, 3.05) is 50.4 Å². The molecule has 1 N–H and O–H groups in total. The van der Waals surface area contributed by atoms with Crippen LogP contribution in [0.5, 0.6) is 0 Å². The van der Waals surface area contributed by atoms with Gasteiger partial charge in [0.15, 0.2) is 4.34 Å². The molecule has 0 aromatic carbocycles. The fourth-order valence-electron chi connectivity index (χ4n) is 2.20. The Bertz CT molecular complexity index is 573. The summed E-state index contributed by atoms with van der Waals surface area (Å²) in [5.41, 5.74) is 0. The number of aromatic nitrogens is 2. The van der Waals surface area contributed by atoms with Crippen molar-refractivity contribution in [1.82, 2.24) is 20.0 Å². The zero-order chi connectivity index (χ0) is 18.2. The van der Waals surface area contributed by atoms with Crippen LogP contribution in [0, 0.1) is 5.92 Å². The maximum absolute atomic E-state index is 12.3. The van der Waals surface area contributed by atoms with E-state index in [2.05, 4.69) is 29.4 Å². The fraction of sp³-hybridized carbons (Fsp3) is 0.733. The molecule has 25 heavy (non-hydrogen) atoms. The molecule has 8 nitrogen and oxygen atoms in total. The molecule has 1 aliphatic rings. The van der Waals surface area contributed by atoms with Gasteiger partial charge in [0.05, 0.1) is 12.4 Å². The molecule has 2 heterocycles. The van der Waals surface area contributed by atoms with E-state index in [0.717, 1.165) is 16.0 Å². The van der Waals surface area contributed by atoms with E-state index in [4.69, 9.17) is 4.74 Å². The average molecular weight is 388 g/mol. The van der Waals surface area contributed by atoms with Crippen molar-refractivity contribution in [3.05, 3.63) is 0 Å². The molecule has 1 aromatic heterocycles. The van der Waals surface area contributed by atoms with Crippen molar-refractivity contribution in [1.29, 1.82) is 0 Å². The summed E-state index contributed by atoms with van der Waals surface area (Å²) in [6.07, 6.45) is -0.306. The van der Waals surface area contributed by atoms with Crippen molar-refractivity contribution in [3.63, 3.8) is 0 Å². The van der Waals surface area contributed by atoms with Crippen molar-refractivity contribution in [3.8, 4) is 0 Å². The van der Waals surface area contributed by atoms with E-state index in [1.54, 1.807) is 16.7 Å². The monoisotopic (exact) mass is 387 g/mol. The summed E-state index contributed by atoms with van der Waals surface area (Å²) in [5, 5.41) is 12.2. The van der Waals surface area contributed by atoms with Crippen LogP contribution in [0.2, 0.25) is 0 Å². The van der Waals surface area contributed by atoms with E-state index in [0.29, 0.717) is 44.5 Å². The molecule has 0 radical (unpaired) electrons. The van der Waals surface area contributed by atoms with Crippen LogP contribution in [0.4, 0.5) is 9.93 Å². The van der Waals surface area contributed by atoms with Gasteiger partial charge in [0.2, 0.25) is 11.0 Å². The Balaban J connectivity index is 1.71. The molecule has 2 amide bonds. The number of piperazine rings is 1. The molecule has 2 rings (SSSR count). The largest absolute Gasteiger partial charge is 0.450 e. The van der Waals surface area contributed by atoms with E-state index in [1.807, 2.05) is 0 Å². The van der Waals surface area contributed by atoms with Crippen LogP contribution in [-0.4, -0.2) is 77.1 Å². The topological polar surface area (TPSA) is 87.7 Å². The van der Waals surface area contributed by atoms with Gasteiger partial charge in [0.25, 0.3) is 0 Å². The number of hydrogen-bond donors (Lipinski definition) is 1. The zero-order valence-corrected chi connectivity index (χ0v) is 16.5. The maximum atomic E-state index is 12.3. The van der Waals surface area contributed by atoms with Crippen molar-refractivity contribution in [2.24, 2.45) is 5.92 Å². The van der Waals surface area contributed by atoms with E-state index >= 15 is 0 Å². The molecule has 0 aliphatic carbocycles. The normalized spacial score (nSPS) is 14.7. The number of nitrogens with one attached hydrogen (secondary N) is 1. The second-order valence-corrected chi connectivity index (χ2v) is 8.20. The molecule has 1 aromatic rings. The first kappa shape index (κ1) is 19.8. The summed E-state index contributed by atoms with van der Waals surface area (Å²) in [6, 6.07) is 0. The number of hydrogen-bond acceptors (Lipinski definition) is 8. The lowest BCUT2D eigenvalue weighted by atomic mass is 10.2. The van der Waals surface area contributed by atoms with Crippen LogP contribution < -0.4 is 5.32 Å². The minimum atomic E-state index is -0.306. The Morgan fingerprint density at radius 2 is 1.92 bits per heavy atom. The third kappa shape index (κ3) is 6.35. The number of nitrogens with zero attached hydrogens (tertiary/aromatic N) is 4. The van der Waals surface area contributed by atoms with Crippen LogP contribution in [0.3, 0.4) is 0 Å². The Morgan fingerprint density at radius 3 is 2.56 bits per heavy atom. The van der Waals surface area contributed by atoms with Gasteiger partial charge in [-0.1, -0.05) is 36.9 Å². The predicted molar refractivity (Wildman–Crippen MR) is 99.1 cm³/mol. The van der Waals surface area contributed by atoms with Crippen molar-refractivity contribution in [2.45, 2.75) is 25.1 Å². The minimum absolute atomic E-state index is 0.0559. The average Bonchev–Trinajstić information content (AvgIpc) is 3.06. The second kappa shape index (κ2) is 9.81. The van der Waals surface area contributed by atoms with Crippen molar-refractivity contribution >= 4 is 40.2 Å². The zero-order valence-electron chi connectivity index (χ0n) is 14.9. The number of carbonyl (C=O) groups excluding carboxylic acids is 2. The number of carbonyl (C=O) groups is 2. The number of amides is 2. The van der Waals surface area contributed by atoms with E-state index in [1.165, 1.54) is 23.1 Å². The number of anilines is 1. The lowest BCUT2D eigenvalue weighted by Gasteiger charge is -2.33.